The number of rotatable bonds is 6. The monoisotopic (exact) mass is 538 g/mol. The number of guanidine groups is 1. The highest BCUT2D eigenvalue weighted by atomic mass is 127. The summed E-state index contributed by atoms with van der Waals surface area (Å²) in [6.45, 7) is -0.0252. The number of benzene rings is 2. The number of carbonyl (C=O) groups is 1. The number of halogens is 5. The Bertz CT molecular complexity index is 872. The molecule has 0 atom stereocenters. The van der Waals surface area contributed by atoms with Gasteiger partial charge in [-0.05, 0) is 23.8 Å². The van der Waals surface area contributed by atoms with E-state index in [1.165, 1.54) is 23.1 Å². The first-order valence-corrected chi connectivity index (χ1v) is 8.78. The molecule has 0 aliphatic rings. The van der Waals surface area contributed by atoms with Crippen molar-refractivity contribution in [3.8, 4) is 0 Å². The zero-order chi connectivity index (χ0) is 21.4. The van der Waals surface area contributed by atoms with E-state index in [0.29, 0.717) is 11.1 Å². The van der Waals surface area contributed by atoms with E-state index in [1.54, 1.807) is 32.3 Å². The largest absolute Gasteiger partial charge is 0.416 e. The molecule has 0 aliphatic heterocycles. The second-order valence-electron chi connectivity index (χ2n) is 6.45. The van der Waals surface area contributed by atoms with Gasteiger partial charge in [-0.25, -0.2) is 9.38 Å². The van der Waals surface area contributed by atoms with Gasteiger partial charge in [0.15, 0.2) is 5.96 Å². The van der Waals surface area contributed by atoms with Gasteiger partial charge < -0.3 is 15.5 Å². The Labute approximate surface area is 189 Å². The molecule has 0 aromatic heterocycles. The summed E-state index contributed by atoms with van der Waals surface area (Å²) in [6, 6.07) is 11.0. The van der Waals surface area contributed by atoms with Crippen LogP contribution >= 0.6 is 24.0 Å². The first-order chi connectivity index (χ1) is 13.7. The van der Waals surface area contributed by atoms with Gasteiger partial charge in [-0.2, -0.15) is 13.2 Å². The molecule has 0 saturated heterocycles. The number of alkyl halides is 3. The SMILES string of the molecule is CN(C)C(=O)CNC(=NCc1cccc(C(F)(F)F)c1)NCc1ccccc1F.I. The molecule has 0 heterocycles. The van der Waals surface area contributed by atoms with E-state index in [9.17, 15) is 22.4 Å². The molecule has 2 aromatic carbocycles. The standard InChI is InChI=1S/C20H22F4N4O.HI/c1-28(2)18(29)13-27-19(26-12-15-7-3-4-9-17(15)21)25-11-14-6-5-8-16(10-14)20(22,23)24;/h3-10H,11-13H2,1-2H3,(H2,25,26,27);1H. The third-order valence-electron chi connectivity index (χ3n) is 3.98. The molecule has 2 rings (SSSR count). The molecule has 5 nitrogen and oxygen atoms in total. The maximum atomic E-state index is 13.8. The lowest BCUT2D eigenvalue weighted by molar-refractivity contribution is -0.137. The van der Waals surface area contributed by atoms with E-state index in [2.05, 4.69) is 15.6 Å². The number of aliphatic imine (C=N–C) groups is 1. The number of hydrogen-bond acceptors (Lipinski definition) is 2. The van der Waals surface area contributed by atoms with Gasteiger partial charge in [0.1, 0.15) is 5.82 Å². The van der Waals surface area contributed by atoms with Gasteiger partial charge in [0.05, 0.1) is 18.7 Å². The van der Waals surface area contributed by atoms with Gasteiger partial charge in [0, 0.05) is 26.2 Å². The topological polar surface area (TPSA) is 56.7 Å². The van der Waals surface area contributed by atoms with Crippen molar-refractivity contribution < 1.29 is 22.4 Å². The van der Waals surface area contributed by atoms with E-state index in [4.69, 9.17) is 0 Å². The van der Waals surface area contributed by atoms with Crippen LogP contribution in [-0.2, 0) is 24.1 Å². The summed E-state index contributed by atoms with van der Waals surface area (Å²) in [6.07, 6.45) is -4.44. The van der Waals surface area contributed by atoms with Crippen molar-refractivity contribution in [1.82, 2.24) is 15.5 Å². The summed E-state index contributed by atoms with van der Waals surface area (Å²) < 4.78 is 52.4. The number of likely N-dealkylation sites (N-methyl/N-ethyl adjacent to an activating group) is 1. The molecule has 10 heteroatoms. The highest BCUT2D eigenvalue weighted by molar-refractivity contribution is 14.0. The maximum Gasteiger partial charge on any atom is 0.416 e. The second kappa shape index (κ2) is 11.7. The smallest absolute Gasteiger partial charge is 0.352 e. The molecule has 30 heavy (non-hydrogen) atoms. The normalized spacial score (nSPS) is 11.5. The van der Waals surface area contributed by atoms with Crippen LogP contribution in [0.3, 0.4) is 0 Å². The number of nitrogens with one attached hydrogen (secondary N) is 2. The average Bonchev–Trinajstić information content (AvgIpc) is 2.67. The molecule has 0 fully saturated rings. The summed E-state index contributed by atoms with van der Waals surface area (Å²) in [7, 11) is 3.19. The van der Waals surface area contributed by atoms with Crippen LogP contribution in [0.1, 0.15) is 16.7 Å². The van der Waals surface area contributed by atoms with Crippen molar-refractivity contribution in [3.63, 3.8) is 0 Å². The predicted octanol–water partition coefficient (Wildman–Crippen LogP) is 3.79. The van der Waals surface area contributed by atoms with Crippen molar-refractivity contribution >= 4 is 35.8 Å². The van der Waals surface area contributed by atoms with E-state index in [0.717, 1.165) is 12.1 Å². The average molecular weight is 538 g/mol. The summed E-state index contributed by atoms with van der Waals surface area (Å²) in [5.41, 5.74) is -0.0208. The lowest BCUT2D eigenvalue weighted by Gasteiger charge is -2.15. The van der Waals surface area contributed by atoms with Crippen LogP contribution in [0.25, 0.3) is 0 Å². The Morgan fingerprint density at radius 3 is 2.40 bits per heavy atom. The molecule has 0 unspecified atom stereocenters. The number of hydrogen-bond donors (Lipinski definition) is 2. The van der Waals surface area contributed by atoms with Crippen LogP contribution < -0.4 is 10.6 Å². The minimum Gasteiger partial charge on any atom is -0.352 e. The van der Waals surface area contributed by atoms with E-state index in [-0.39, 0.29) is 55.5 Å². The van der Waals surface area contributed by atoms with Crippen LogP contribution in [0.4, 0.5) is 17.6 Å². The maximum absolute atomic E-state index is 13.8. The second-order valence-corrected chi connectivity index (χ2v) is 6.45. The van der Waals surface area contributed by atoms with Gasteiger partial charge in [-0.3, -0.25) is 4.79 Å². The highest BCUT2D eigenvalue weighted by Crippen LogP contribution is 2.29. The molecule has 2 N–H and O–H groups in total. The van der Waals surface area contributed by atoms with Crippen LogP contribution in [-0.4, -0.2) is 37.4 Å². The van der Waals surface area contributed by atoms with Gasteiger partial charge in [-0.15, -0.1) is 24.0 Å². The quantitative estimate of drug-likeness (QED) is 0.255. The Morgan fingerprint density at radius 2 is 1.77 bits per heavy atom. The Morgan fingerprint density at radius 1 is 1.07 bits per heavy atom. The van der Waals surface area contributed by atoms with Crippen LogP contribution in [0.5, 0.6) is 0 Å². The molecule has 1 amide bonds. The van der Waals surface area contributed by atoms with Gasteiger partial charge in [0.2, 0.25) is 5.91 Å². The molecule has 0 aliphatic carbocycles. The zero-order valence-corrected chi connectivity index (χ0v) is 18.8. The molecule has 2 aromatic rings. The molecule has 0 spiro atoms. The minimum absolute atomic E-state index is 0. The summed E-state index contributed by atoms with van der Waals surface area (Å²) >= 11 is 0. The third kappa shape index (κ3) is 8.17. The summed E-state index contributed by atoms with van der Waals surface area (Å²) in [5, 5.41) is 5.70. The Balaban J connectivity index is 0.00000450. The fourth-order valence-electron chi connectivity index (χ4n) is 2.33. The lowest BCUT2D eigenvalue weighted by Crippen LogP contribution is -2.42. The highest BCUT2D eigenvalue weighted by Gasteiger charge is 2.30. The summed E-state index contributed by atoms with van der Waals surface area (Å²) in [5.74, 6) is -0.438. The molecule has 0 bridgehead atoms. The lowest BCUT2D eigenvalue weighted by atomic mass is 10.1. The first kappa shape index (κ1) is 25.7. The van der Waals surface area contributed by atoms with E-state index in [1.807, 2.05) is 0 Å². The molecule has 0 saturated carbocycles. The third-order valence-corrected chi connectivity index (χ3v) is 3.98. The van der Waals surface area contributed by atoms with Gasteiger partial charge >= 0.3 is 6.18 Å². The van der Waals surface area contributed by atoms with E-state index < -0.39 is 17.6 Å². The van der Waals surface area contributed by atoms with Crippen LogP contribution in [0.15, 0.2) is 53.5 Å². The molecular weight excluding hydrogens is 515 g/mol. The van der Waals surface area contributed by atoms with Crippen molar-refractivity contribution in [2.75, 3.05) is 20.6 Å². The number of carbonyl (C=O) groups excluding carboxylic acids is 1. The Hall–Kier alpha value is -2.37. The van der Waals surface area contributed by atoms with Crippen LogP contribution in [0.2, 0.25) is 0 Å². The van der Waals surface area contributed by atoms with Crippen molar-refractivity contribution in [2.24, 2.45) is 4.99 Å². The van der Waals surface area contributed by atoms with Crippen molar-refractivity contribution in [1.29, 1.82) is 0 Å². The van der Waals surface area contributed by atoms with E-state index >= 15 is 0 Å². The van der Waals surface area contributed by atoms with Gasteiger partial charge in [0.25, 0.3) is 0 Å². The first-order valence-electron chi connectivity index (χ1n) is 8.78. The van der Waals surface area contributed by atoms with Crippen LogP contribution in [0, 0.1) is 5.82 Å². The zero-order valence-electron chi connectivity index (χ0n) is 16.5. The van der Waals surface area contributed by atoms with Gasteiger partial charge in [-0.1, -0.05) is 30.3 Å². The number of amides is 1. The predicted molar refractivity (Wildman–Crippen MR) is 118 cm³/mol. The molecule has 164 valence electrons. The molecular formula is C20H23F4IN4O. The molecule has 0 radical (unpaired) electrons. The van der Waals surface area contributed by atoms with Crippen molar-refractivity contribution in [3.05, 3.63) is 71.0 Å². The minimum atomic E-state index is -4.44. The van der Waals surface area contributed by atoms with Crippen molar-refractivity contribution in [2.45, 2.75) is 19.3 Å². The fourth-order valence-corrected chi connectivity index (χ4v) is 2.33. The number of nitrogens with zero attached hydrogens (tertiary/aromatic N) is 2. The summed E-state index contributed by atoms with van der Waals surface area (Å²) in [4.78, 5) is 17.4. The Kier molecular flexibility index (Phi) is 10.0. The fraction of sp³-hybridized carbons (Fsp3) is 0.300.